The highest BCUT2D eigenvalue weighted by molar-refractivity contribution is 6.30. The van der Waals surface area contributed by atoms with E-state index in [-0.39, 0.29) is 11.9 Å². The first-order valence-corrected chi connectivity index (χ1v) is 6.50. The lowest BCUT2D eigenvalue weighted by molar-refractivity contribution is 0.545. The number of halogens is 2. The van der Waals surface area contributed by atoms with Gasteiger partial charge in [0.2, 0.25) is 0 Å². The summed E-state index contributed by atoms with van der Waals surface area (Å²) in [6.45, 7) is 1.86. The van der Waals surface area contributed by atoms with E-state index in [9.17, 15) is 4.39 Å². The third-order valence-corrected chi connectivity index (χ3v) is 3.78. The first kappa shape index (κ1) is 14.8. The number of aryl methyl sites for hydroxylation is 2. The molecule has 0 aliphatic heterocycles. The van der Waals surface area contributed by atoms with E-state index in [1.807, 2.05) is 6.92 Å². The van der Waals surface area contributed by atoms with Crippen LogP contribution in [0.4, 0.5) is 10.1 Å². The Morgan fingerprint density at radius 1 is 1.50 bits per heavy atom. The Morgan fingerprint density at radius 2 is 2.20 bits per heavy atom. The molecule has 0 radical (unpaired) electrons. The molecule has 1 aromatic carbocycles. The van der Waals surface area contributed by atoms with Crippen LogP contribution in [0.1, 0.15) is 22.9 Å². The van der Waals surface area contributed by atoms with Gasteiger partial charge >= 0.3 is 0 Å². The molecule has 1 aromatic heterocycles. The number of aromatic nitrogens is 2. The Balaban J connectivity index is 2.36. The second-order valence-electron chi connectivity index (χ2n) is 4.67. The maximum atomic E-state index is 13.4. The molecular formula is C13H17ClFN5. The lowest BCUT2D eigenvalue weighted by atomic mass is 9.98. The van der Waals surface area contributed by atoms with Gasteiger partial charge in [0.25, 0.3) is 0 Å². The number of hydrogen-bond donors (Lipinski definition) is 3. The van der Waals surface area contributed by atoms with E-state index >= 15 is 0 Å². The zero-order valence-electron chi connectivity index (χ0n) is 11.3. The summed E-state index contributed by atoms with van der Waals surface area (Å²) in [5.41, 5.74) is 11.3. The lowest BCUT2D eigenvalue weighted by Gasteiger charge is -2.18. The van der Waals surface area contributed by atoms with Crippen LogP contribution in [-0.2, 0) is 13.5 Å². The SMILES string of the molecule is Cc1nn(C)c(Cl)c1CC(NN)c1cc(F)ccc1N. The fourth-order valence-corrected chi connectivity index (χ4v) is 2.47. The maximum absolute atomic E-state index is 13.4. The molecule has 0 aliphatic rings. The Kier molecular flexibility index (Phi) is 4.27. The van der Waals surface area contributed by atoms with Gasteiger partial charge in [0.1, 0.15) is 11.0 Å². The summed E-state index contributed by atoms with van der Waals surface area (Å²) in [5.74, 6) is 5.22. The fraction of sp³-hybridized carbons (Fsp3) is 0.308. The van der Waals surface area contributed by atoms with Gasteiger partial charge in [-0.15, -0.1) is 0 Å². The van der Waals surface area contributed by atoms with E-state index in [4.69, 9.17) is 23.2 Å². The van der Waals surface area contributed by atoms with Gasteiger partial charge in [-0.2, -0.15) is 5.10 Å². The molecule has 20 heavy (non-hydrogen) atoms. The lowest BCUT2D eigenvalue weighted by Crippen LogP contribution is -2.30. The molecule has 0 spiro atoms. The second-order valence-corrected chi connectivity index (χ2v) is 5.03. The summed E-state index contributed by atoms with van der Waals surface area (Å²) in [5, 5.41) is 4.78. The normalized spacial score (nSPS) is 12.7. The van der Waals surface area contributed by atoms with Crippen molar-refractivity contribution in [2.24, 2.45) is 12.9 Å². The molecule has 2 aromatic rings. The topological polar surface area (TPSA) is 81.9 Å². The highest BCUT2D eigenvalue weighted by Gasteiger charge is 2.19. The smallest absolute Gasteiger partial charge is 0.130 e. The first-order valence-electron chi connectivity index (χ1n) is 6.13. The molecule has 1 heterocycles. The van der Waals surface area contributed by atoms with Crippen molar-refractivity contribution >= 4 is 17.3 Å². The molecule has 1 atom stereocenters. The maximum Gasteiger partial charge on any atom is 0.130 e. The average Bonchev–Trinajstić information content (AvgIpc) is 2.65. The molecule has 1 unspecified atom stereocenters. The van der Waals surface area contributed by atoms with Crippen LogP contribution in [0.15, 0.2) is 18.2 Å². The molecule has 108 valence electrons. The minimum absolute atomic E-state index is 0.342. The Labute approximate surface area is 121 Å². The summed E-state index contributed by atoms with van der Waals surface area (Å²) in [6, 6.07) is 3.87. The number of anilines is 1. The van der Waals surface area contributed by atoms with Crippen molar-refractivity contribution in [3.8, 4) is 0 Å². The van der Waals surface area contributed by atoms with Crippen LogP contribution in [0, 0.1) is 12.7 Å². The van der Waals surface area contributed by atoms with Crippen molar-refractivity contribution in [1.82, 2.24) is 15.2 Å². The minimum atomic E-state index is -0.358. The largest absolute Gasteiger partial charge is 0.398 e. The zero-order chi connectivity index (χ0) is 14.9. The third kappa shape index (κ3) is 2.77. The van der Waals surface area contributed by atoms with Crippen LogP contribution in [-0.4, -0.2) is 9.78 Å². The quantitative estimate of drug-likeness (QED) is 0.457. The number of nitrogens with zero attached hydrogens (tertiary/aromatic N) is 2. The fourth-order valence-electron chi connectivity index (χ4n) is 2.22. The summed E-state index contributed by atoms with van der Waals surface area (Å²) < 4.78 is 15.0. The van der Waals surface area contributed by atoms with Gasteiger partial charge in [-0.25, -0.2) is 4.39 Å². The molecule has 5 N–H and O–H groups in total. The van der Waals surface area contributed by atoms with Crippen LogP contribution < -0.4 is 17.0 Å². The van der Waals surface area contributed by atoms with Crippen molar-refractivity contribution in [3.05, 3.63) is 46.0 Å². The molecule has 0 saturated carbocycles. The van der Waals surface area contributed by atoms with E-state index in [0.717, 1.165) is 11.3 Å². The minimum Gasteiger partial charge on any atom is -0.398 e. The number of nitrogen functional groups attached to an aromatic ring is 1. The highest BCUT2D eigenvalue weighted by Crippen LogP contribution is 2.28. The summed E-state index contributed by atoms with van der Waals surface area (Å²) in [7, 11) is 1.76. The van der Waals surface area contributed by atoms with E-state index in [1.165, 1.54) is 18.2 Å². The second kappa shape index (κ2) is 5.78. The van der Waals surface area contributed by atoms with Crippen LogP contribution >= 0.6 is 11.6 Å². The van der Waals surface area contributed by atoms with Crippen molar-refractivity contribution in [3.63, 3.8) is 0 Å². The number of nitrogens with two attached hydrogens (primary N) is 2. The van der Waals surface area contributed by atoms with Crippen molar-refractivity contribution in [1.29, 1.82) is 0 Å². The molecule has 0 amide bonds. The molecule has 5 nitrogen and oxygen atoms in total. The molecule has 0 aliphatic carbocycles. The third-order valence-electron chi connectivity index (χ3n) is 3.30. The number of hydrogen-bond acceptors (Lipinski definition) is 4. The molecule has 2 rings (SSSR count). The summed E-state index contributed by atoms with van der Waals surface area (Å²) in [6.07, 6.45) is 0.475. The monoisotopic (exact) mass is 297 g/mol. The van der Waals surface area contributed by atoms with Crippen LogP contribution in [0.5, 0.6) is 0 Å². The number of nitrogens with one attached hydrogen (secondary N) is 1. The summed E-state index contributed by atoms with van der Waals surface area (Å²) in [4.78, 5) is 0. The standard InChI is InChI=1S/C13H17ClFN5/c1-7-9(13(14)20(2)19-7)6-12(18-17)10-5-8(15)3-4-11(10)16/h3-5,12,18H,6,16-17H2,1-2H3. The van der Waals surface area contributed by atoms with Crippen LogP contribution in [0.2, 0.25) is 5.15 Å². The van der Waals surface area contributed by atoms with E-state index in [1.54, 1.807) is 11.7 Å². The van der Waals surface area contributed by atoms with Gasteiger partial charge in [0.15, 0.2) is 0 Å². The van der Waals surface area contributed by atoms with Gasteiger partial charge < -0.3 is 5.73 Å². The zero-order valence-corrected chi connectivity index (χ0v) is 12.1. The molecule has 0 bridgehead atoms. The van der Waals surface area contributed by atoms with Gasteiger partial charge in [-0.05, 0) is 37.1 Å². The first-order chi connectivity index (χ1) is 9.43. The molecule has 0 saturated heterocycles. The van der Waals surface area contributed by atoms with Crippen molar-refractivity contribution in [2.75, 3.05) is 5.73 Å². The predicted octanol–water partition coefficient (Wildman–Crippen LogP) is 1.85. The van der Waals surface area contributed by atoms with Gasteiger partial charge in [-0.1, -0.05) is 11.6 Å². The summed E-state index contributed by atoms with van der Waals surface area (Å²) >= 11 is 6.20. The Bertz CT molecular complexity index is 625. The van der Waals surface area contributed by atoms with E-state index in [2.05, 4.69) is 10.5 Å². The van der Waals surface area contributed by atoms with Crippen molar-refractivity contribution in [2.45, 2.75) is 19.4 Å². The molecule has 0 fully saturated rings. The molecule has 7 heteroatoms. The number of hydrazine groups is 1. The average molecular weight is 298 g/mol. The van der Waals surface area contributed by atoms with E-state index in [0.29, 0.717) is 22.8 Å². The highest BCUT2D eigenvalue weighted by atomic mass is 35.5. The van der Waals surface area contributed by atoms with E-state index < -0.39 is 0 Å². The van der Waals surface area contributed by atoms with Crippen molar-refractivity contribution < 1.29 is 4.39 Å². The Hall–Kier alpha value is -1.63. The van der Waals surface area contributed by atoms with Crippen LogP contribution in [0.25, 0.3) is 0 Å². The molecular weight excluding hydrogens is 281 g/mol. The number of benzene rings is 1. The van der Waals surface area contributed by atoms with Gasteiger partial charge in [-0.3, -0.25) is 16.0 Å². The predicted molar refractivity (Wildman–Crippen MR) is 77.5 cm³/mol. The Morgan fingerprint density at radius 3 is 2.75 bits per heavy atom. The number of rotatable bonds is 4. The van der Waals surface area contributed by atoms with Crippen LogP contribution in [0.3, 0.4) is 0 Å². The van der Waals surface area contributed by atoms with Gasteiger partial charge in [0, 0.05) is 18.3 Å². The van der Waals surface area contributed by atoms with Gasteiger partial charge in [0.05, 0.1) is 11.7 Å².